The third-order valence-electron chi connectivity index (χ3n) is 6.19. The first-order valence-electron chi connectivity index (χ1n) is 15.3. The van der Waals surface area contributed by atoms with Crippen molar-refractivity contribution in [3.8, 4) is 46.0 Å². The van der Waals surface area contributed by atoms with E-state index in [0.29, 0.717) is 46.2 Å². The molecule has 0 heterocycles. The number of carbonyl (C=O) groups excluding carboxylic acids is 3. The standard InChI is InChI=1S/2C9H10O3.C8H8O3.C8H10O2.C2H6O4S.Al.3ClH/c2*1-11-8-3-4-9(12-2)7(5-8)6-10;1-11-7-2-3-8(10)6(4-7)5-9;1-9-7-3-5-8(10-2)6-4-7;1-5-7(3,4)6-2;;;;/h2*3-6H,1-2H3;2-5,10H,1H3;3-6H,1-2H3;1-2H3;;3*1H/q;;;;;+3;;;/p-3. The molecule has 0 aliphatic heterocycles. The minimum absolute atomic E-state index is 0.0270. The number of phenols is 1. The van der Waals surface area contributed by atoms with Crippen LogP contribution in [0, 0.1) is 0 Å². The molecule has 56 heavy (non-hydrogen) atoms. The van der Waals surface area contributed by atoms with E-state index in [2.05, 4.69) is 8.37 Å². The monoisotopic (exact) mass is 880 g/mol. The Bertz CT molecular complexity index is 1720. The maximum atomic E-state index is 10.5. The fourth-order valence-electron chi connectivity index (χ4n) is 3.40. The Hall–Kier alpha value is -4.44. The van der Waals surface area contributed by atoms with Gasteiger partial charge in [-0.15, -0.1) is 0 Å². The second-order valence-corrected chi connectivity index (χ2v) is 17.3. The number of halogens is 3. The van der Waals surface area contributed by atoms with Crippen molar-refractivity contribution in [2.75, 3.05) is 64.0 Å². The molecule has 0 radical (unpaired) electrons. The summed E-state index contributed by atoms with van der Waals surface area (Å²) in [5.74, 6) is 4.65. The Balaban J connectivity index is 0. The fraction of sp³-hybridized carbons (Fsp3) is 0.250. The molecule has 4 rings (SSSR count). The molecular formula is C36H44AlCl3O15S. The van der Waals surface area contributed by atoms with E-state index in [4.69, 9.17) is 68.4 Å². The number of methoxy groups -OCH3 is 7. The van der Waals surface area contributed by atoms with Crippen LogP contribution in [-0.4, -0.2) is 108 Å². The lowest BCUT2D eigenvalue weighted by atomic mass is 10.2. The van der Waals surface area contributed by atoms with E-state index >= 15 is 0 Å². The Kier molecular flexibility index (Phi) is 30.4. The van der Waals surface area contributed by atoms with Crippen molar-refractivity contribution in [1.82, 2.24) is 0 Å². The van der Waals surface area contributed by atoms with Gasteiger partial charge in [-0.1, -0.05) is 0 Å². The highest BCUT2D eigenvalue weighted by atomic mass is 35.8. The van der Waals surface area contributed by atoms with Crippen LogP contribution < -0.4 is 33.2 Å². The van der Waals surface area contributed by atoms with E-state index in [9.17, 15) is 22.8 Å². The molecule has 0 aromatic heterocycles. The van der Waals surface area contributed by atoms with Crippen LogP contribution in [-0.2, 0) is 18.8 Å². The van der Waals surface area contributed by atoms with Gasteiger partial charge in [-0.25, -0.2) is 30.1 Å². The van der Waals surface area contributed by atoms with Crippen LogP contribution in [0.15, 0.2) is 78.9 Å². The van der Waals surface area contributed by atoms with Gasteiger partial charge in [0, 0.05) is 0 Å². The molecule has 308 valence electrons. The van der Waals surface area contributed by atoms with E-state index in [1.807, 2.05) is 24.3 Å². The molecule has 0 aliphatic carbocycles. The minimum Gasteiger partial charge on any atom is -0.507 e. The highest BCUT2D eigenvalue weighted by Crippen LogP contribution is 2.23. The van der Waals surface area contributed by atoms with Crippen LogP contribution in [0.25, 0.3) is 0 Å². The van der Waals surface area contributed by atoms with Crippen molar-refractivity contribution in [1.29, 1.82) is 0 Å². The van der Waals surface area contributed by atoms with Crippen molar-refractivity contribution in [3.05, 3.63) is 95.6 Å². The maximum Gasteiger partial charge on any atom is 0.643 e. The van der Waals surface area contributed by atoms with Crippen molar-refractivity contribution < 1.29 is 69.4 Å². The molecule has 0 spiro atoms. The highest BCUT2D eigenvalue weighted by Gasteiger charge is 2.04. The third-order valence-corrected chi connectivity index (χ3v) is 7.01. The van der Waals surface area contributed by atoms with Crippen molar-refractivity contribution in [2.45, 2.75) is 0 Å². The molecule has 0 bridgehead atoms. The largest absolute Gasteiger partial charge is 0.643 e. The van der Waals surface area contributed by atoms with Crippen LogP contribution >= 0.6 is 30.1 Å². The Morgan fingerprint density at radius 2 is 0.732 bits per heavy atom. The predicted octanol–water partition coefficient (Wildman–Crippen LogP) is 7.16. The Morgan fingerprint density at radius 3 is 0.964 bits per heavy atom. The summed E-state index contributed by atoms with van der Waals surface area (Å²) in [5, 5.41) is 9.04. The second kappa shape index (κ2) is 31.7. The van der Waals surface area contributed by atoms with Crippen LogP contribution in [0.1, 0.15) is 31.1 Å². The summed E-state index contributed by atoms with van der Waals surface area (Å²) in [5.41, 5.74) is 1.23. The van der Waals surface area contributed by atoms with Crippen LogP contribution in [0.3, 0.4) is 0 Å². The summed E-state index contributed by atoms with van der Waals surface area (Å²) in [6.45, 7) is 0. The first kappa shape index (κ1) is 53.7. The molecule has 1 N–H and O–H groups in total. The molecule has 0 atom stereocenters. The first-order valence-corrected chi connectivity index (χ1v) is 21.8. The van der Waals surface area contributed by atoms with Crippen molar-refractivity contribution in [2.24, 2.45) is 0 Å². The number of carbonyl (C=O) groups is 3. The summed E-state index contributed by atoms with van der Waals surface area (Å²) in [7, 11) is 24.2. The zero-order valence-corrected chi connectivity index (χ0v) is 36.3. The Morgan fingerprint density at radius 1 is 0.464 bits per heavy atom. The summed E-state index contributed by atoms with van der Waals surface area (Å²) in [6.07, 6.45) is 2.06. The summed E-state index contributed by atoms with van der Waals surface area (Å²) < 4.78 is 62.1. The zero-order valence-electron chi connectivity index (χ0n) is 32.0. The van der Waals surface area contributed by atoms with E-state index in [0.717, 1.165) is 38.3 Å². The fourth-order valence-corrected chi connectivity index (χ4v) is 3.53. The SMILES string of the molecule is COS(=O)(=O)OC.COc1ccc(O)c(C=O)c1.COc1ccc(OC)c(C=O)c1.COc1ccc(OC)c(C=O)c1.COc1ccc(OC)cc1.[Cl][Al]([Cl])[Cl]. The first-order chi connectivity index (χ1) is 26.6. The van der Waals surface area contributed by atoms with Gasteiger partial charge in [0.25, 0.3) is 0 Å². The zero-order chi connectivity index (χ0) is 43.1. The molecule has 0 saturated heterocycles. The number of phenolic OH excluding ortho intramolecular Hbond substituents is 1. The van der Waals surface area contributed by atoms with E-state index < -0.39 is 21.8 Å². The topological polar surface area (TPSA) is 189 Å². The Labute approximate surface area is 344 Å². The van der Waals surface area contributed by atoms with Gasteiger partial charge in [-0.05, 0) is 78.9 Å². The quantitative estimate of drug-likeness (QED) is 0.111. The number of aldehydes is 3. The molecule has 0 fully saturated rings. The van der Waals surface area contributed by atoms with Gasteiger partial charge < -0.3 is 38.3 Å². The van der Waals surface area contributed by atoms with E-state index in [1.54, 1.807) is 70.9 Å². The number of benzene rings is 4. The molecule has 4 aromatic carbocycles. The lowest BCUT2D eigenvalue weighted by Gasteiger charge is -2.04. The van der Waals surface area contributed by atoms with Gasteiger partial charge in [0.1, 0.15) is 46.0 Å². The van der Waals surface area contributed by atoms with Crippen molar-refractivity contribution >= 4 is 70.8 Å². The predicted molar refractivity (Wildman–Crippen MR) is 216 cm³/mol. The smallest absolute Gasteiger partial charge is 0.507 e. The van der Waals surface area contributed by atoms with Crippen LogP contribution in [0.4, 0.5) is 0 Å². The molecule has 0 amide bonds. The molecule has 15 nitrogen and oxygen atoms in total. The maximum absolute atomic E-state index is 10.5. The number of aromatic hydroxyl groups is 1. The third kappa shape index (κ3) is 23.5. The van der Waals surface area contributed by atoms with E-state index in [1.165, 1.54) is 33.5 Å². The van der Waals surface area contributed by atoms with E-state index in [-0.39, 0.29) is 11.3 Å². The molecule has 0 unspecified atom stereocenters. The molecule has 4 aromatic rings. The van der Waals surface area contributed by atoms with Crippen molar-refractivity contribution in [3.63, 3.8) is 0 Å². The summed E-state index contributed by atoms with van der Waals surface area (Å²) in [4.78, 5) is 31.3. The normalized spacial score (nSPS) is 9.29. The molecular weight excluding hydrogens is 838 g/mol. The molecule has 0 aliphatic rings. The number of hydrogen-bond acceptors (Lipinski definition) is 15. The number of rotatable bonds is 12. The minimum atomic E-state index is -3.66. The van der Waals surface area contributed by atoms with Crippen LogP contribution in [0.5, 0.6) is 46.0 Å². The summed E-state index contributed by atoms with van der Waals surface area (Å²) >= 11 is -1.72. The van der Waals surface area contributed by atoms with Gasteiger partial charge >= 0.3 is 21.8 Å². The van der Waals surface area contributed by atoms with Crippen LogP contribution in [0.2, 0.25) is 0 Å². The average Bonchev–Trinajstić information content (AvgIpc) is 3.23. The molecule has 0 saturated carbocycles. The average molecular weight is 882 g/mol. The number of ether oxygens (including phenoxy) is 7. The van der Waals surface area contributed by atoms with Gasteiger partial charge in [0.15, 0.2) is 18.9 Å². The highest BCUT2D eigenvalue weighted by molar-refractivity contribution is 7.81. The lowest BCUT2D eigenvalue weighted by Crippen LogP contribution is -2.02. The lowest BCUT2D eigenvalue weighted by molar-refractivity contribution is 0.111. The summed E-state index contributed by atoms with van der Waals surface area (Å²) in [6, 6.07) is 22.1. The second-order valence-electron chi connectivity index (χ2n) is 9.36. The van der Waals surface area contributed by atoms with Gasteiger partial charge in [0.05, 0.1) is 80.7 Å². The van der Waals surface area contributed by atoms with Gasteiger partial charge in [0.2, 0.25) is 0 Å². The van der Waals surface area contributed by atoms with Gasteiger partial charge in [-0.2, -0.15) is 8.42 Å². The number of hydrogen-bond donors (Lipinski definition) is 1. The molecule has 20 heteroatoms. The van der Waals surface area contributed by atoms with Gasteiger partial charge in [-0.3, -0.25) is 22.7 Å².